The van der Waals surface area contributed by atoms with E-state index < -0.39 is 0 Å². The van der Waals surface area contributed by atoms with E-state index in [4.69, 9.17) is 5.11 Å². The van der Waals surface area contributed by atoms with Crippen molar-refractivity contribution in [2.75, 3.05) is 0 Å². The maximum absolute atomic E-state index is 11.9. The molecule has 2 aromatic rings. The number of rotatable bonds is 2. The van der Waals surface area contributed by atoms with Crippen LogP contribution in [0.4, 0.5) is 0 Å². The van der Waals surface area contributed by atoms with Crippen LogP contribution < -0.4 is 5.32 Å². The van der Waals surface area contributed by atoms with Gasteiger partial charge in [-0.2, -0.15) is 0 Å². The molecule has 1 fully saturated rings. The Kier molecular flexibility index (Phi) is 2.33. The fourth-order valence-electron chi connectivity index (χ4n) is 2.05. The Morgan fingerprint density at radius 1 is 1.47 bits per heavy atom. The molecule has 1 heterocycles. The summed E-state index contributed by atoms with van der Waals surface area (Å²) in [6.07, 6.45) is 2.65. The topological polar surface area (TPSA) is 78.0 Å². The number of carbonyl (C=O) groups is 1. The van der Waals surface area contributed by atoms with Crippen LogP contribution in [0.25, 0.3) is 11.0 Å². The van der Waals surface area contributed by atoms with E-state index in [0.717, 1.165) is 11.0 Å². The standard InChI is InChI=1S/C12H13N3O2/c16-9-4-8(5-9)15-12(17)7-1-2-10-11(3-7)14-6-13-10/h1-3,6,8-9,16H,4-5H2,(H,13,14)(H,15,17). The molecule has 1 amide bonds. The highest BCUT2D eigenvalue weighted by atomic mass is 16.3. The van der Waals surface area contributed by atoms with Gasteiger partial charge in [0.15, 0.2) is 0 Å². The van der Waals surface area contributed by atoms with Crippen LogP contribution in [0.5, 0.6) is 0 Å². The third-order valence-electron chi connectivity index (χ3n) is 3.13. The SMILES string of the molecule is O=C(NC1CC(O)C1)c1ccc2nc[nH]c2c1. The number of aromatic amines is 1. The summed E-state index contributed by atoms with van der Waals surface area (Å²) in [5.74, 6) is -0.0987. The van der Waals surface area contributed by atoms with Crippen molar-refractivity contribution in [3.05, 3.63) is 30.1 Å². The van der Waals surface area contributed by atoms with Gasteiger partial charge >= 0.3 is 0 Å². The van der Waals surface area contributed by atoms with E-state index in [1.807, 2.05) is 6.07 Å². The molecule has 1 saturated carbocycles. The van der Waals surface area contributed by atoms with Gasteiger partial charge in [-0.25, -0.2) is 4.98 Å². The van der Waals surface area contributed by atoms with Crippen molar-refractivity contribution < 1.29 is 9.90 Å². The number of aliphatic hydroxyl groups is 1. The van der Waals surface area contributed by atoms with Crippen LogP contribution in [0.15, 0.2) is 24.5 Å². The van der Waals surface area contributed by atoms with E-state index in [1.54, 1.807) is 18.5 Å². The van der Waals surface area contributed by atoms with E-state index in [-0.39, 0.29) is 18.1 Å². The predicted octanol–water partition coefficient (Wildman–Crippen LogP) is 0.816. The predicted molar refractivity (Wildman–Crippen MR) is 62.6 cm³/mol. The smallest absolute Gasteiger partial charge is 0.251 e. The number of carbonyl (C=O) groups excluding carboxylic acids is 1. The van der Waals surface area contributed by atoms with Gasteiger partial charge in [-0.05, 0) is 31.0 Å². The Bertz CT molecular complexity index is 558. The highest BCUT2D eigenvalue weighted by Crippen LogP contribution is 2.20. The first-order valence-electron chi connectivity index (χ1n) is 5.64. The number of imidazole rings is 1. The van der Waals surface area contributed by atoms with E-state index in [0.29, 0.717) is 18.4 Å². The summed E-state index contributed by atoms with van der Waals surface area (Å²) in [5, 5.41) is 12.0. The van der Waals surface area contributed by atoms with Gasteiger partial charge < -0.3 is 15.4 Å². The summed E-state index contributed by atoms with van der Waals surface area (Å²) in [4.78, 5) is 19.0. The van der Waals surface area contributed by atoms with Crippen LogP contribution >= 0.6 is 0 Å². The third-order valence-corrected chi connectivity index (χ3v) is 3.13. The number of amides is 1. The van der Waals surface area contributed by atoms with Crippen LogP contribution in [0.2, 0.25) is 0 Å². The molecule has 0 radical (unpaired) electrons. The molecule has 1 aliphatic carbocycles. The lowest BCUT2D eigenvalue weighted by Gasteiger charge is -2.31. The van der Waals surface area contributed by atoms with Gasteiger partial charge in [0, 0.05) is 11.6 Å². The van der Waals surface area contributed by atoms with Crippen molar-refractivity contribution in [1.29, 1.82) is 0 Å². The van der Waals surface area contributed by atoms with Crippen molar-refractivity contribution >= 4 is 16.9 Å². The number of fused-ring (bicyclic) bond motifs is 1. The number of nitrogens with zero attached hydrogens (tertiary/aromatic N) is 1. The molecule has 0 saturated heterocycles. The highest BCUT2D eigenvalue weighted by Gasteiger charge is 2.28. The second-order valence-electron chi connectivity index (χ2n) is 4.43. The van der Waals surface area contributed by atoms with Gasteiger partial charge in [0.05, 0.1) is 23.5 Å². The summed E-state index contributed by atoms with van der Waals surface area (Å²) in [7, 11) is 0. The second kappa shape index (κ2) is 3.85. The fourth-order valence-corrected chi connectivity index (χ4v) is 2.05. The molecule has 0 unspecified atom stereocenters. The molecule has 5 heteroatoms. The van der Waals surface area contributed by atoms with Crippen molar-refractivity contribution in [1.82, 2.24) is 15.3 Å². The van der Waals surface area contributed by atoms with Gasteiger partial charge in [0.1, 0.15) is 0 Å². The van der Waals surface area contributed by atoms with E-state index in [9.17, 15) is 4.79 Å². The number of hydrogen-bond donors (Lipinski definition) is 3. The Morgan fingerprint density at radius 2 is 2.29 bits per heavy atom. The first-order valence-corrected chi connectivity index (χ1v) is 5.64. The molecule has 0 bridgehead atoms. The van der Waals surface area contributed by atoms with Gasteiger partial charge in [-0.3, -0.25) is 4.79 Å². The van der Waals surface area contributed by atoms with Gasteiger partial charge in [0.2, 0.25) is 0 Å². The van der Waals surface area contributed by atoms with Crippen LogP contribution in [0, 0.1) is 0 Å². The van der Waals surface area contributed by atoms with Crippen molar-refractivity contribution in [3.63, 3.8) is 0 Å². The minimum absolute atomic E-state index is 0.0987. The molecular weight excluding hydrogens is 218 g/mol. The normalized spacial score (nSPS) is 23.4. The molecule has 1 aromatic heterocycles. The van der Waals surface area contributed by atoms with E-state index >= 15 is 0 Å². The number of nitrogens with one attached hydrogen (secondary N) is 2. The highest BCUT2D eigenvalue weighted by molar-refractivity contribution is 5.97. The van der Waals surface area contributed by atoms with Crippen LogP contribution in [0.1, 0.15) is 23.2 Å². The Hall–Kier alpha value is -1.88. The number of H-pyrrole nitrogens is 1. The second-order valence-corrected chi connectivity index (χ2v) is 4.43. The number of aromatic nitrogens is 2. The average molecular weight is 231 g/mol. The van der Waals surface area contributed by atoms with E-state index in [2.05, 4.69) is 15.3 Å². The zero-order valence-electron chi connectivity index (χ0n) is 9.18. The van der Waals surface area contributed by atoms with Gasteiger partial charge in [-0.15, -0.1) is 0 Å². The van der Waals surface area contributed by atoms with Crippen LogP contribution in [0.3, 0.4) is 0 Å². The number of benzene rings is 1. The molecule has 17 heavy (non-hydrogen) atoms. The van der Waals surface area contributed by atoms with Crippen molar-refractivity contribution in [2.45, 2.75) is 25.0 Å². The first-order chi connectivity index (χ1) is 8.22. The summed E-state index contributed by atoms with van der Waals surface area (Å²) in [6, 6.07) is 5.46. The Balaban J connectivity index is 1.76. The maximum atomic E-state index is 11.9. The monoisotopic (exact) mass is 231 g/mol. The van der Waals surface area contributed by atoms with Gasteiger partial charge in [-0.1, -0.05) is 0 Å². The minimum atomic E-state index is -0.254. The zero-order valence-corrected chi connectivity index (χ0v) is 9.18. The lowest BCUT2D eigenvalue weighted by atomic mass is 9.89. The quantitative estimate of drug-likeness (QED) is 0.716. The van der Waals surface area contributed by atoms with E-state index in [1.165, 1.54) is 0 Å². The molecule has 0 atom stereocenters. The molecule has 1 aliphatic rings. The molecule has 0 aliphatic heterocycles. The maximum Gasteiger partial charge on any atom is 0.251 e. The number of aliphatic hydroxyl groups excluding tert-OH is 1. The first kappa shape index (κ1) is 10.3. The third kappa shape index (κ3) is 1.89. The van der Waals surface area contributed by atoms with Crippen molar-refractivity contribution in [2.24, 2.45) is 0 Å². The summed E-state index contributed by atoms with van der Waals surface area (Å²) < 4.78 is 0. The molecular formula is C12H13N3O2. The molecule has 88 valence electrons. The van der Waals surface area contributed by atoms with Crippen LogP contribution in [-0.4, -0.2) is 33.1 Å². The fraction of sp³-hybridized carbons (Fsp3) is 0.333. The molecule has 5 nitrogen and oxygen atoms in total. The molecule has 3 N–H and O–H groups in total. The Morgan fingerprint density at radius 3 is 3.06 bits per heavy atom. The van der Waals surface area contributed by atoms with Crippen LogP contribution in [-0.2, 0) is 0 Å². The van der Waals surface area contributed by atoms with Gasteiger partial charge in [0.25, 0.3) is 5.91 Å². The van der Waals surface area contributed by atoms with Crippen molar-refractivity contribution in [3.8, 4) is 0 Å². The summed E-state index contributed by atoms with van der Waals surface area (Å²) >= 11 is 0. The lowest BCUT2D eigenvalue weighted by Crippen LogP contribution is -2.46. The lowest BCUT2D eigenvalue weighted by molar-refractivity contribution is 0.0563. The molecule has 3 rings (SSSR count). The average Bonchev–Trinajstić information content (AvgIpc) is 2.73. The summed E-state index contributed by atoms with van der Waals surface area (Å²) in [6.45, 7) is 0. The molecule has 0 spiro atoms. The minimum Gasteiger partial charge on any atom is -0.393 e. The summed E-state index contributed by atoms with van der Waals surface area (Å²) in [5.41, 5.74) is 2.31. The number of hydrogen-bond acceptors (Lipinski definition) is 3. The Labute approximate surface area is 97.9 Å². The largest absolute Gasteiger partial charge is 0.393 e. The zero-order chi connectivity index (χ0) is 11.8. The molecule has 1 aromatic carbocycles.